The van der Waals surface area contributed by atoms with Crippen molar-refractivity contribution in [3.8, 4) is 11.1 Å². The third kappa shape index (κ3) is 3.73. The molecule has 2 aromatic carbocycles. The molecule has 6 rings (SSSR count). The number of amidine groups is 1. The van der Waals surface area contributed by atoms with Crippen molar-refractivity contribution in [1.82, 2.24) is 10.6 Å². The van der Waals surface area contributed by atoms with Crippen molar-refractivity contribution in [2.24, 2.45) is 4.99 Å². The Labute approximate surface area is 191 Å². The smallest absolute Gasteiger partial charge is 0.186 e. The highest BCUT2D eigenvalue weighted by Crippen LogP contribution is 2.35. The van der Waals surface area contributed by atoms with Gasteiger partial charge in [-0.3, -0.25) is 10.3 Å². The molecule has 4 aliphatic heterocycles. The average Bonchev–Trinajstić information content (AvgIpc) is 3.51. The molecule has 0 aromatic heterocycles. The van der Waals surface area contributed by atoms with Crippen molar-refractivity contribution in [1.29, 1.82) is 0 Å². The van der Waals surface area contributed by atoms with Crippen LogP contribution in [-0.2, 0) is 14.2 Å². The van der Waals surface area contributed by atoms with Gasteiger partial charge in [-0.2, -0.15) is 0 Å². The minimum Gasteiger partial charge on any atom is -0.388 e. The molecule has 3 fully saturated rings. The summed E-state index contributed by atoms with van der Waals surface area (Å²) < 4.78 is 17.5. The molecule has 168 valence electrons. The summed E-state index contributed by atoms with van der Waals surface area (Å²) in [5, 5.41) is 16.6. The van der Waals surface area contributed by atoms with E-state index in [0.717, 1.165) is 17.8 Å². The lowest BCUT2D eigenvalue weighted by atomic mass is 9.94. The molecule has 3 saturated heterocycles. The van der Waals surface area contributed by atoms with Crippen LogP contribution in [-0.4, -0.2) is 66.3 Å². The van der Waals surface area contributed by atoms with Crippen LogP contribution in [0.4, 0.5) is 0 Å². The molecule has 0 amide bonds. The molecule has 3 N–H and O–H groups in total. The van der Waals surface area contributed by atoms with Gasteiger partial charge in [0.05, 0.1) is 30.7 Å². The third-order valence-corrected chi connectivity index (χ3v) is 7.11. The molecule has 0 bridgehead atoms. The Morgan fingerprint density at radius 1 is 0.969 bits per heavy atom. The number of aliphatic hydroxyl groups excluding tert-OH is 1. The van der Waals surface area contributed by atoms with E-state index in [4.69, 9.17) is 30.8 Å². The van der Waals surface area contributed by atoms with Crippen LogP contribution in [0.15, 0.2) is 59.6 Å². The SMILES string of the molecule is O[C@@H]1CO[C@H]2[C@@H]1OC[C@H]2OC1NC2=NC(c3ccc(-c4ccccc4)cc3)C(Cl)CC2N1. The largest absolute Gasteiger partial charge is 0.388 e. The number of nitrogens with zero attached hydrogens (tertiary/aromatic N) is 1. The first-order chi connectivity index (χ1) is 15.7. The Hall–Kier alpha value is -2.00. The molecule has 7 nitrogen and oxygen atoms in total. The molecule has 8 heteroatoms. The quantitative estimate of drug-likeness (QED) is 0.613. The van der Waals surface area contributed by atoms with E-state index < -0.39 is 12.5 Å². The summed E-state index contributed by atoms with van der Waals surface area (Å²) >= 11 is 6.76. The van der Waals surface area contributed by atoms with Crippen molar-refractivity contribution < 1.29 is 19.3 Å². The molecule has 8 atom stereocenters. The van der Waals surface area contributed by atoms with Gasteiger partial charge in [-0.15, -0.1) is 11.6 Å². The summed E-state index contributed by atoms with van der Waals surface area (Å²) in [4.78, 5) is 4.93. The van der Waals surface area contributed by atoms with Gasteiger partial charge in [-0.25, -0.2) is 0 Å². The van der Waals surface area contributed by atoms with Crippen LogP contribution in [0.1, 0.15) is 18.0 Å². The Balaban J connectivity index is 1.14. The monoisotopic (exact) mass is 455 g/mol. The third-order valence-electron chi connectivity index (χ3n) is 6.70. The lowest BCUT2D eigenvalue weighted by Gasteiger charge is -2.27. The molecule has 0 saturated carbocycles. The van der Waals surface area contributed by atoms with E-state index in [9.17, 15) is 5.11 Å². The fraction of sp³-hybridized carbons (Fsp3) is 0.458. The topological polar surface area (TPSA) is 84.3 Å². The minimum absolute atomic E-state index is 0.0237. The zero-order valence-electron chi connectivity index (χ0n) is 17.4. The lowest BCUT2D eigenvalue weighted by molar-refractivity contribution is -0.0837. The average molecular weight is 456 g/mol. The molecule has 4 unspecified atom stereocenters. The van der Waals surface area contributed by atoms with E-state index in [2.05, 4.69) is 47.0 Å². The molecule has 0 radical (unpaired) electrons. The number of ether oxygens (including phenoxy) is 3. The van der Waals surface area contributed by atoms with E-state index in [-0.39, 0.29) is 42.4 Å². The summed E-state index contributed by atoms with van der Waals surface area (Å²) in [7, 11) is 0. The van der Waals surface area contributed by atoms with Crippen LogP contribution >= 0.6 is 11.6 Å². The minimum atomic E-state index is -0.587. The number of aliphatic imine (C=N–C) groups is 1. The highest BCUT2D eigenvalue weighted by atomic mass is 35.5. The second kappa shape index (κ2) is 8.41. The van der Waals surface area contributed by atoms with Crippen LogP contribution < -0.4 is 10.6 Å². The maximum absolute atomic E-state index is 9.92. The van der Waals surface area contributed by atoms with Crippen LogP contribution in [0.3, 0.4) is 0 Å². The zero-order chi connectivity index (χ0) is 21.7. The predicted octanol–water partition coefficient (Wildman–Crippen LogP) is 2.19. The first kappa shape index (κ1) is 20.6. The summed E-state index contributed by atoms with van der Waals surface area (Å²) in [5.41, 5.74) is 3.46. The molecular formula is C24H26ClN3O4. The number of alkyl halides is 1. The summed E-state index contributed by atoms with van der Waals surface area (Å²) in [6.07, 6.45) is -1.02. The second-order valence-corrected chi connectivity index (χ2v) is 9.34. The van der Waals surface area contributed by atoms with Crippen molar-refractivity contribution in [3.05, 3.63) is 60.2 Å². The molecular weight excluding hydrogens is 430 g/mol. The first-order valence-electron chi connectivity index (χ1n) is 11.1. The number of benzene rings is 2. The van der Waals surface area contributed by atoms with Crippen LogP contribution in [0.5, 0.6) is 0 Å². The number of halogens is 1. The molecule has 2 aromatic rings. The standard InChI is InChI=1S/C24H26ClN3O4/c25-16-10-17-23(28-24(26-17)32-19-12-31-21-18(29)11-30-22(19)21)27-20(16)15-8-6-14(7-9-15)13-4-2-1-3-5-13/h1-9,16-22,24,26,29H,10-12H2,(H,27,28)/t16?,17?,18-,19-,20?,21-,22-,24?/m1/s1. The van der Waals surface area contributed by atoms with Gasteiger partial charge < -0.3 is 24.6 Å². The Morgan fingerprint density at radius 2 is 1.72 bits per heavy atom. The summed E-state index contributed by atoms with van der Waals surface area (Å²) in [6.45, 7) is 0.687. The van der Waals surface area contributed by atoms with Crippen LogP contribution in [0.2, 0.25) is 0 Å². The predicted molar refractivity (Wildman–Crippen MR) is 121 cm³/mol. The van der Waals surface area contributed by atoms with E-state index in [1.165, 1.54) is 11.1 Å². The van der Waals surface area contributed by atoms with E-state index in [1.807, 2.05) is 18.2 Å². The van der Waals surface area contributed by atoms with Gasteiger partial charge in [0.15, 0.2) is 6.35 Å². The Kier molecular flexibility index (Phi) is 5.41. The van der Waals surface area contributed by atoms with Crippen LogP contribution in [0, 0.1) is 0 Å². The maximum atomic E-state index is 9.92. The van der Waals surface area contributed by atoms with Crippen LogP contribution in [0.25, 0.3) is 11.1 Å². The number of rotatable bonds is 4. The molecule has 0 aliphatic carbocycles. The number of hydrogen-bond acceptors (Lipinski definition) is 7. The number of nitrogens with one attached hydrogen (secondary N) is 2. The van der Waals surface area contributed by atoms with Gasteiger partial charge in [0.2, 0.25) is 0 Å². The van der Waals surface area contributed by atoms with Gasteiger partial charge >= 0.3 is 0 Å². The van der Waals surface area contributed by atoms with E-state index in [0.29, 0.717) is 6.61 Å². The van der Waals surface area contributed by atoms with Gasteiger partial charge in [0, 0.05) is 0 Å². The summed E-state index contributed by atoms with van der Waals surface area (Å²) in [5.74, 6) is 0.867. The lowest BCUT2D eigenvalue weighted by Crippen LogP contribution is -2.43. The second-order valence-electron chi connectivity index (χ2n) is 8.78. The van der Waals surface area contributed by atoms with Gasteiger partial charge in [0.25, 0.3) is 0 Å². The van der Waals surface area contributed by atoms with Crippen molar-refractivity contribution >= 4 is 17.4 Å². The zero-order valence-corrected chi connectivity index (χ0v) is 18.2. The number of fused-ring (bicyclic) bond motifs is 2. The van der Waals surface area contributed by atoms with Crippen molar-refractivity contribution in [2.75, 3.05) is 13.2 Å². The fourth-order valence-electron chi connectivity index (χ4n) is 5.03. The van der Waals surface area contributed by atoms with Gasteiger partial charge in [-0.05, 0) is 23.1 Å². The first-order valence-corrected chi connectivity index (χ1v) is 11.6. The fourth-order valence-corrected chi connectivity index (χ4v) is 5.41. The normalized spacial score (nSPS) is 38.1. The molecule has 32 heavy (non-hydrogen) atoms. The summed E-state index contributed by atoms with van der Waals surface area (Å²) in [6, 6.07) is 18.7. The van der Waals surface area contributed by atoms with E-state index in [1.54, 1.807) is 0 Å². The van der Waals surface area contributed by atoms with E-state index >= 15 is 0 Å². The van der Waals surface area contributed by atoms with Crippen molar-refractivity contribution in [3.63, 3.8) is 0 Å². The Morgan fingerprint density at radius 3 is 2.53 bits per heavy atom. The Bertz CT molecular complexity index is 988. The molecule has 4 heterocycles. The highest BCUT2D eigenvalue weighted by molar-refractivity contribution is 6.21. The number of aliphatic hydroxyl groups is 1. The van der Waals surface area contributed by atoms with Gasteiger partial charge in [-0.1, -0.05) is 54.6 Å². The van der Waals surface area contributed by atoms with Crippen molar-refractivity contribution in [2.45, 2.75) is 54.6 Å². The number of hydrogen-bond donors (Lipinski definition) is 3. The molecule has 0 spiro atoms. The highest BCUT2D eigenvalue weighted by Gasteiger charge is 2.49. The molecule has 4 aliphatic rings. The van der Waals surface area contributed by atoms with Gasteiger partial charge in [0.1, 0.15) is 30.3 Å². The maximum Gasteiger partial charge on any atom is 0.186 e.